The summed E-state index contributed by atoms with van der Waals surface area (Å²) in [6, 6.07) is 2.36. The van der Waals surface area contributed by atoms with Gasteiger partial charge in [-0.1, -0.05) is 0 Å². The first-order chi connectivity index (χ1) is 11.5. The molecule has 1 saturated heterocycles. The summed E-state index contributed by atoms with van der Waals surface area (Å²) in [4.78, 5) is 4.67. The number of aliphatic hydroxyl groups is 1. The fourth-order valence-electron chi connectivity index (χ4n) is 3.26. The Morgan fingerprint density at radius 1 is 1.38 bits per heavy atom. The molecule has 1 aliphatic heterocycles. The maximum atomic E-state index is 10.2. The van der Waals surface area contributed by atoms with Crippen LogP contribution in [0.25, 0.3) is 0 Å². The van der Waals surface area contributed by atoms with Crippen molar-refractivity contribution in [3.05, 3.63) is 30.1 Å². The normalized spacial score (nSPS) is 20.1. The lowest BCUT2D eigenvalue weighted by Crippen LogP contribution is -2.38. The Balaban J connectivity index is 1.46. The largest absolute Gasteiger partial charge is 0.390 e. The van der Waals surface area contributed by atoms with Crippen LogP contribution in [0.2, 0.25) is 0 Å². The Kier molecular flexibility index (Phi) is 5.27. The summed E-state index contributed by atoms with van der Waals surface area (Å²) in [5.74, 6) is 1.93. The van der Waals surface area contributed by atoms with Gasteiger partial charge >= 0.3 is 0 Å². The van der Waals surface area contributed by atoms with Gasteiger partial charge in [0, 0.05) is 38.6 Å². The first-order valence-corrected chi connectivity index (χ1v) is 8.46. The van der Waals surface area contributed by atoms with Crippen LogP contribution in [0.5, 0.6) is 0 Å². The van der Waals surface area contributed by atoms with Gasteiger partial charge in [0.2, 0.25) is 0 Å². The number of hydrogen-bond donors (Lipinski definition) is 1. The van der Waals surface area contributed by atoms with Crippen molar-refractivity contribution < 1.29 is 5.11 Å². The van der Waals surface area contributed by atoms with Crippen LogP contribution < -0.4 is 0 Å². The number of β-amino-alcohol motifs (C(OH)–C–C–N with tert-alkyl or cyclic N) is 1. The Morgan fingerprint density at radius 2 is 2.21 bits per heavy atom. The molecule has 1 N–H and O–H groups in total. The van der Waals surface area contributed by atoms with E-state index in [1.54, 1.807) is 10.9 Å². The fraction of sp³-hybridized carbons (Fsp3) is 0.688. The Morgan fingerprint density at radius 3 is 2.88 bits per heavy atom. The van der Waals surface area contributed by atoms with Crippen molar-refractivity contribution in [2.75, 3.05) is 26.7 Å². The molecule has 2 aromatic rings. The third-order valence-corrected chi connectivity index (χ3v) is 4.87. The lowest BCUT2D eigenvalue weighted by molar-refractivity contribution is 0.101. The quantitative estimate of drug-likeness (QED) is 0.762. The molecule has 0 bridgehead atoms. The SMILES string of the molecule is Cc1nnc(CN(C)[C@H]2CCN(C[C@@H](O)Cn3cccn3)C2)n1C. The molecule has 0 unspecified atom stereocenters. The van der Waals surface area contributed by atoms with E-state index in [0.29, 0.717) is 19.1 Å². The molecule has 0 aliphatic carbocycles. The summed E-state index contributed by atoms with van der Waals surface area (Å²) in [6.45, 7) is 5.99. The maximum Gasteiger partial charge on any atom is 0.146 e. The Bertz CT molecular complexity index is 639. The summed E-state index contributed by atoms with van der Waals surface area (Å²) in [5, 5.41) is 22.8. The van der Waals surface area contributed by atoms with Crippen LogP contribution in [0.1, 0.15) is 18.1 Å². The second kappa shape index (κ2) is 7.42. The van der Waals surface area contributed by atoms with Gasteiger partial charge in [-0.15, -0.1) is 10.2 Å². The molecule has 0 aromatic carbocycles. The van der Waals surface area contributed by atoms with Crippen molar-refractivity contribution in [2.45, 2.75) is 38.6 Å². The van der Waals surface area contributed by atoms with E-state index in [-0.39, 0.29) is 0 Å². The number of likely N-dealkylation sites (N-methyl/N-ethyl adjacent to an activating group) is 1. The highest BCUT2D eigenvalue weighted by Crippen LogP contribution is 2.16. The highest BCUT2D eigenvalue weighted by atomic mass is 16.3. The molecule has 3 heterocycles. The molecule has 0 amide bonds. The Hall–Kier alpha value is -1.77. The van der Waals surface area contributed by atoms with Crippen molar-refractivity contribution >= 4 is 0 Å². The molecule has 2 aromatic heterocycles. The summed E-state index contributed by atoms with van der Waals surface area (Å²) in [7, 11) is 4.14. The minimum absolute atomic E-state index is 0.393. The van der Waals surface area contributed by atoms with E-state index in [4.69, 9.17) is 0 Å². The highest BCUT2D eigenvalue weighted by Gasteiger charge is 2.27. The number of aromatic nitrogens is 5. The molecule has 1 aliphatic rings. The molecule has 0 radical (unpaired) electrons. The molecule has 0 spiro atoms. The van der Waals surface area contributed by atoms with Gasteiger partial charge in [-0.2, -0.15) is 5.10 Å². The van der Waals surface area contributed by atoms with E-state index in [1.165, 1.54) is 0 Å². The zero-order chi connectivity index (χ0) is 17.1. The molecule has 8 nitrogen and oxygen atoms in total. The van der Waals surface area contributed by atoms with Crippen LogP contribution in [-0.4, -0.2) is 78.3 Å². The van der Waals surface area contributed by atoms with Crippen molar-refractivity contribution in [3.63, 3.8) is 0 Å². The zero-order valence-electron chi connectivity index (χ0n) is 14.7. The van der Waals surface area contributed by atoms with Gasteiger partial charge < -0.3 is 9.67 Å². The van der Waals surface area contributed by atoms with E-state index in [2.05, 4.69) is 32.1 Å². The smallest absolute Gasteiger partial charge is 0.146 e. The molecule has 3 rings (SSSR count). The molecule has 1 fully saturated rings. The standard InChI is InChI=1S/C16H27N7O/c1-13-18-19-16(21(13)3)12-20(2)14-5-8-22(9-14)10-15(24)11-23-7-4-6-17-23/h4,6-7,14-15,24H,5,8-12H2,1-3H3/t14-,15+/m0/s1. The van der Waals surface area contributed by atoms with Crippen molar-refractivity contribution in [1.82, 2.24) is 34.3 Å². The van der Waals surface area contributed by atoms with Crippen LogP contribution >= 0.6 is 0 Å². The lowest BCUT2D eigenvalue weighted by Gasteiger charge is -2.25. The second-order valence-corrected chi connectivity index (χ2v) is 6.72. The zero-order valence-corrected chi connectivity index (χ0v) is 14.7. The predicted octanol–water partition coefficient (Wildman–Crippen LogP) is -0.113. The topological polar surface area (TPSA) is 75.2 Å². The summed E-state index contributed by atoms with van der Waals surface area (Å²) >= 11 is 0. The number of rotatable bonds is 7. The third-order valence-electron chi connectivity index (χ3n) is 4.87. The van der Waals surface area contributed by atoms with Gasteiger partial charge in [0.1, 0.15) is 11.6 Å². The highest BCUT2D eigenvalue weighted by molar-refractivity contribution is 4.94. The van der Waals surface area contributed by atoms with E-state index in [9.17, 15) is 5.11 Å². The van der Waals surface area contributed by atoms with Crippen LogP contribution in [-0.2, 0) is 20.1 Å². The second-order valence-electron chi connectivity index (χ2n) is 6.72. The van der Waals surface area contributed by atoms with Crippen LogP contribution in [0.4, 0.5) is 0 Å². The number of hydrogen-bond acceptors (Lipinski definition) is 6. The van der Waals surface area contributed by atoms with Gasteiger partial charge in [0.15, 0.2) is 0 Å². The minimum Gasteiger partial charge on any atom is -0.390 e. The van der Waals surface area contributed by atoms with E-state index < -0.39 is 6.10 Å². The molecule has 2 atom stereocenters. The molecule has 8 heteroatoms. The van der Waals surface area contributed by atoms with Crippen molar-refractivity contribution in [1.29, 1.82) is 0 Å². The van der Waals surface area contributed by atoms with E-state index in [1.807, 2.05) is 30.8 Å². The number of likely N-dealkylation sites (tertiary alicyclic amines) is 1. The van der Waals surface area contributed by atoms with E-state index in [0.717, 1.165) is 37.7 Å². The first kappa shape index (κ1) is 17.1. The number of aliphatic hydroxyl groups excluding tert-OH is 1. The summed E-state index contributed by atoms with van der Waals surface area (Å²) in [5.41, 5.74) is 0. The first-order valence-electron chi connectivity index (χ1n) is 8.46. The number of nitrogens with zero attached hydrogens (tertiary/aromatic N) is 7. The lowest BCUT2D eigenvalue weighted by atomic mass is 10.2. The van der Waals surface area contributed by atoms with Crippen LogP contribution in [0.15, 0.2) is 18.5 Å². The third kappa shape index (κ3) is 4.00. The summed E-state index contributed by atoms with van der Waals surface area (Å²) < 4.78 is 3.82. The van der Waals surface area contributed by atoms with Crippen molar-refractivity contribution in [3.8, 4) is 0 Å². The molecular formula is C16H27N7O. The fourth-order valence-corrected chi connectivity index (χ4v) is 3.26. The van der Waals surface area contributed by atoms with E-state index >= 15 is 0 Å². The van der Waals surface area contributed by atoms with Crippen LogP contribution in [0, 0.1) is 6.92 Å². The molecule has 132 valence electrons. The average molecular weight is 333 g/mol. The predicted molar refractivity (Wildman–Crippen MR) is 90.3 cm³/mol. The maximum absolute atomic E-state index is 10.2. The van der Waals surface area contributed by atoms with Gasteiger partial charge in [-0.05, 0) is 33.0 Å². The van der Waals surface area contributed by atoms with Crippen molar-refractivity contribution in [2.24, 2.45) is 7.05 Å². The minimum atomic E-state index is -0.393. The van der Waals surface area contributed by atoms with Gasteiger partial charge in [-0.25, -0.2) is 0 Å². The van der Waals surface area contributed by atoms with Gasteiger partial charge in [0.05, 0.1) is 19.2 Å². The molecule has 0 saturated carbocycles. The van der Waals surface area contributed by atoms with Crippen LogP contribution in [0.3, 0.4) is 0 Å². The molecule has 24 heavy (non-hydrogen) atoms. The molecular weight excluding hydrogens is 306 g/mol. The monoisotopic (exact) mass is 333 g/mol. The Labute approximate surface area is 142 Å². The number of aryl methyl sites for hydroxylation is 1. The average Bonchev–Trinajstić information content (AvgIpc) is 3.26. The van der Waals surface area contributed by atoms with Gasteiger partial charge in [0.25, 0.3) is 0 Å². The summed E-state index contributed by atoms with van der Waals surface area (Å²) in [6.07, 6.45) is 4.34. The van der Waals surface area contributed by atoms with Gasteiger partial charge in [-0.3, -0.25) is 14.5 Å².